The number of nitrogens with one attached hydrogen (secondary N) is 1. The molecule has 0 bridgehead atoms. The summed E-state index contributed by atoms with van der Waals surface area (Å²) >= 11 is 0. The van der Waals surface area contributed by atoms with E-state index in [1.165, 1.54) is 24.1 Å². The summed E-state index contributed by atoms with van der Waals surface area (Å²) in [6.07, 6.45) is 2.53. The Bertz CT molecular complexity index is 1640. The Labute approximate surface area is 220 Å². The molecule has 2 aromatic carbocycles. The Kier molecular flexibility index (Phi) is 7.28. The first-order valence-corrected chi connectivity index (χ1v) is 11.9. The van der Waals surface area contributed by atoms with Crippen molar-refractivity contribution in [1.29, 1.82) is 0 Å². The molecule has 0 amide bonds. The van der Waals surface area contributed by atoms with Gasteiger partial charge in [0.15, 0.2) is 23.2 Å². The smallest absolute Gasteiger partial charge is 0.183 e. The van der Waals surface area contributed by atoms with Gasteiger partial charge in [-0.2, -0.15) is 5.10 Å². The largest absolute Gasteiger partial charge is 0.491 e. The molecule has 0 spiro atoms. The maximum atomic E-state index is 14.9. The highest BCUT2D eigenvalue weighted by molar-refractivity contribution is 5.92. The topological polar surface area (TPSA) is 107 Å². The van der Waals surface area contributed by atoms with E-state index < -0.39 is 17.5 Å². The third-order valence-corrected chi connectivity index (χ3v) is 5.87. The van der Waals surface area contributed by atoms with Crippen molar-refractivity contribution in [2.24, 2.45) is 0 Å². The molecule has 200 valence electrons. The summed E-state index contributed by atoms with van der Waals surface area (Å²) in [5.41, 5.74) is 1.48. The highest BCUT2D eigenvalue weighted by atomic mass is 19.1. The predicted octanol–water partition coefficient (Wildman–Crippen LogP) is 4.79. The van der Waals surface area contributed by atoms with Crippen LogP contribution in [-0.2, 0) is 6.54 Å². The van der Waals surface area contributed by atoms with Gasteiger partial charge in [0.05, 0.1) is 43.9 Å². The number of nitrogens with zero attached hydrogens (tertiary/aromatic N) is 5. The standard InChI is InChI=1S/C27H23F3N6O3/c1-15-9-22(21(30)12-31-15)33-26-24(38-2)13-32-27(34-26)25-17-5-3-4-6-23(17)36(35-25)14-18-19(28)10-16(11-20(18)29)39-8-7-37/h3-6,9-13,37H,7-8,14H2,1-2H3,(H,31,32,33,34). The van der Waals surface area contributed by atoms with Crippen LogP contribution in [0.5, 0.6) is 11.5 Å². The number of hydrogen-bond acceptors (Lipinski definition) is 8. The van der Waals surface area contributed by atoms with Crippen molar-refractivity contribution in [2.45, 2.75) is 13.5 Å². The van der Waals surface area contributed by atoms with Gasteiger partial charge in [-0.1, -0.05) is 18.2 Å². The molecule has 0 saturated carbocycles. The summed E-state index contributed by atoms with van der Waals surface area (Å²) in [6.45, 7) is 1.14. The van der Waals surface area contributed by atoms with Crippen LogP contribution in [-0.4, -0.2) is 50.2 Å². The van der Waals surface area contributed by atoms with Crippen molar-refractivity contribution < 1.29 is 27.8 Å². The zero-order valence-electron chi connectivity index (χ0n) is 21.0. The van der Waals surface area contributed by atoms with Crippen LogP contribution in [0.25, 0.3) is 22.4 Å². The first-order chi connectivity index (χ1) is 18.9. The van der Waals surface area contributed by atoms with E-state index >= 15 is 0 Å². The van der Waals surface area contributed by atoms with E-state index in [1.807, 2.05) is 0 Å². The second kappa shape index (κ2) is 11.0. The van der Waals surface area contributed by atoms with Crippen LogP contribution in [0.1, 0.15) is 11.3 Å². The molecule has 5 rings (SSSR count). The summed E-state index contributed by atoms with van der Waals surface area (Å²) < 4.78 is 56.0. The van der Waals surface area contributed by atoms with Gasteiger partial charge in [-0.05, 0) is 19.1 Å². The normalized spacial score (nSPS) is 11.1. The fraction of sp³-hybridized carbons (Fsp3) is 0.185. The number of rotatable bonds is 9. The maximum absolute atomic E-state index is 14.9. The minimum absolute atomic E-state index is 0.0266. The number of halogens is 3. The Balaban J connectivity index is 1.55. The van der Waals surface area contributed by atoms with Gasteiger partial charge in [0.25, 0.3) is 0 Å². The number of benzene rings is 2. The lowest BCUT2D eigenvalue weighted by Gasteiger charge is -2.12. The van der Waals surface area contributed by atoms with Crippen LogP contribution in [0.4, 0.5) is 24.7 Å². The van der Waals surface area contributed by atoms with Gasteiger partial charge >= 0.3 is 0 Å². The second-order valence-corrected chi connectivity index (χ2v) is 8.50. The Morgan fingerprint density at radius 1 is 1.00 bits per heavy atom. The SMILES string of the molecule is COc1cnc(-c2nn(Cc3c(F)cc(OCCO)cc3F)c3ccccc23)nc1Nc1cc(C)ncc1F. The average molecular weight is 537 g/mol. The van der Waals surface area contributed by atoms with Crippen molar-refractivity contribution in [1.82, 2.24) is 24.7 Å². The summed E-state index contributed by atoms with van der Waals surface area (Å²) in [7, 11) is 1.44. The zero-order chi connectivity index (χ0) is 27.5. The highest BCUT2D eigenvalue weighted by Gasteiger charge is 2.20. The molecule has 0 aliphatic carbocycles. The van der Waals surface area contributed by atoms with Gasteiger partial charge in [-0.3, -0.25) is 9.67 Å². The molecular formula is C27H23F3N6O3. The fourth-order valence-electron chi connectivity index (χ4n) is 4.03. The van der Waals surface area contributed by atoms with Crippen LogP contribution in [0, 0.1) is 24.4 Å². The summed E-state index contributed by atoms with van der Waals surface area (Å²) in [4.78, 5) is 12.8. The molecule has 39 heavy (non-hydrogen) atoms. The number of anilines is 2. The summed E-state index contributed by atoms with van der Waals surface area (Å²) in [5.74, 6) is -1.58. The summed E-state index contributed by atoms with van der Waals surface area (Å²) in [5, 5.41) is 17.0. The highest BCUT2D eigenvalue weighted by Crippen LogP contribution is 2.32. The maximum Gasteiger partial charge on any atom is 0.183 e. The Morgan fingerprint density at radius 3 is 2.51 bits per heavy atom. The first-order valence-electron chi connectivity index (χ1n) is 11.9. The van der Waals surface area contributed by atoms with Crippen molar-refractivity contribution in [3.05, 3.63) is 83.6 Å². The third kappa shape index (κ3) is 5.32. The molecule has 12 heteroatoms. The number of para-hydroxylation sites is 1. The molecule has 5 aromatic rings. The number of methoxy groups -OCH3 is 1. The number of aliphatic hydroxyl groups excluding tert-OH is 1. The molecule has 0 unspecified atom stereocenters. The van der Waals surface area contributed by atoms with E-state index in [4.69, 9.17) is 14.6 Å². The number of fused-ring (bicyclic) bond motifs is 1. The van der Waals surface area contributed by atoms with Crippen molar-refractivity contribution in [3.8, 4) is 23.0 Å². The van der Waals surface area contributed by atoms with E-state index in [2.05, 4.69) is 25.4 Å². The van der Waals surface area contributed by atoms with Crippen LogP contribution >= 0.6 is 0 Å². The van der Waals surface area contributed by atoms with E-state index in [-0.39, 0.29) is 54.2 Å². The lowest BCUT2D eigenvalue weighted by Crippen LogP contribution is -2.08. The number of pyridine rings is 1. The van der Waals surface area contributed by atoms with Gasteiger partial charge in [0.1, 0.15) is 29.7 Å². The van der Waals surface area contributed by atoms with Gasteiger partial charge < -0.3 is 19.9 Å². The molecule has 3 aromatic heterocycles. The average Bonchev–Trinajstić information content (AvgIpc) is 3.30. The van der Waals surface area contributed by atoms with Crippen LogP contribution in [0.2, 0.25) is 0 Å². The van der Waals surface area contributed by atoms with Gasteiger partial charge in [0.2, 0.25) is 0 Å². The molecule has 0 aliphatic rings. The lowest BCUT2D eigenvalue weighted by molar-refractivity contribution is 0.200. The van der Waals surface area contributed by atoms with E-state index in [1.54, 1.807) is 31.2 Å². The number of hydrogen-bond donors (Lipinski definition) is 2. The zero-order valence-corrected chi connectivity index (χ0v) is 21.0. The Hall–Kier alpha value is -4.71. The molecule has 3 heterocycles. The third-order valence-electron chi connectivity index (χ3n) is 5.87. The molecule has 2 N–H and O–H groups in total. The first kappa shape index (κ1) is 25.9. The van der Waals surface area contributed by atoms with Crippen LogP contribution in [0.15, 0.2) is 54.9 Å². The van der Waals surface area contributed by atoms with E-state index in [9.17, 15) is 13.2 Å². The van der Waals surface area contributed by atoms with E-state index in [0.717, 1.165) is 18.3 Å². The van der Waals surface area contributed by atoms with Gasteiger partial charge in [-0.25, -0.2) is 23.1 Å². The number of ether oxygens (including phenoxy) is 2. The lowest BCUT2D eigenvalue weighted by atomic mass is 10.1. The second-order valence-electron chi connectivity index (χ2n) is 8.50. The quantitative estimate of drug-likeness (QED) is 0.277. The van der Waals surface area contributed by atoms with Crippen molar-refractivity contribution in [2.75, 3.05) is 25.6 Å². The summed E-state index contributed by atoms with van der Waals surface area (Å²) in [6, 6.07) is 10.8. The molecule has 0 aliphatic heterocycles. The number of aliphatic hydroxyl groups is 1. The fourth-order valence-corrected chi connectivity index (χ4v) is 4.03. The van der Waals surface area contributed by atoms with Gasteiger partial charge in [-0.15, -0.1) is 0 Å². The van der Waals surface area contributed by atoms with Crippen molar-refractivity contribution >= 4 is 22.4 Å². The van der Waals surface area contributed by atoms with Crippen LogP contribution in [0.3, 0.4) is 0 Å². The monoisotopic (exact) mass is 536 g/mol. The molecule has 0 atom stereocenters. The van der Waals surface area contributed by atoms with Gasteiger partial charge in [0, 0.05) is 28.8 Å². The van der Waals surface area contributed by atoms with Crippen LogP contribution < -0.4 is 14.8 Å². The molecule has 0 saturated heterocycles. The number of aromatic nitrogens is 5. The van der Waals surface area contributed by atoms with E-state index in [0.29, 0.717) is 22.3 Å². The number of aryl methyl sites for hydroxylation is 1. The minimum atomic E-state index is -0.814. The molecule has 9 nitrogen and oxygen atoms in total. The molecule has 0 radical (unpaired) electrons. The molecule has 0 fully saturated rings. The van der Waals surface area contributed by atoms with Crippen molar-refractivity contribution in [3.63, 3.8) is 0 Å². The Morgan fingerprint density at radius 2 is 1.77 bits per heavy atom. The molecular weight excluding hydrogens is 513 g/mol. The predicted molar refractivity (Wildman–Crippen MR) is 138 cm³/mol. The minimum Gasteiger partial charge on any atom is -0.491 e.